The Kier molecular flexibility index (Phi) is 13.3. The summed E-state index contributed by atoms with van der Waals surface area (Å²) in [4.78, 5) is 72.1. The molecule has 2 saturated heterocycles. The van der Waals surface area contributed by atoms with E-state index >= 15 is 0 Å². The van der Waals surface area contributed by atoms with Gasteiger partial charge in [0, 0.05) is 75.8 Å². The number of aryl methyl sites for hydroxylation is 1. The molecule has 5 aliphatic rings. The number of aromatic nitrogens is 5. The van der Waals surface area contributed by atoms with Crippen molar-refractivity contribution in [2.24, 2.45) is 13.0 Å². The topological polar surface area (TPSA) is 197 Å². The summed E-state index contributed by atoms with van der Waals surface area (Å²) in [5, 5.41) is 22.1. The number of para-hydroxylation sites is 1. The number of aromatic carboxylic acids is 1. The van der Waals surface area contributed by atoms with Crippen LogP contribution in [0.2, 0.25) is 0 Å². The molecule has 1 unspecified atom stereocenters. The highest BCUT2D eigenvalue weighted by molar-refractivity contribution is 7.22. The number of pyridine rings is 2. The summed E-state index contributed by atoms with van der Waals surface area (Å²) in [6.45, 7) is 7.82. The molecule has 17 nitrogen and oxygen atoms in total. The Bertz CT molecular complexity index is 3320. The lowest BCUT2D eigenvalue weighted by atomic mass is 9.81. The fraction of sp³-hybridized carbons (Fsp3) is 0.404. The van der Waals surface area contributed by atoms with Crippen molar-refractivity contribution < 1.29 is 33.8 Å². The molecule has 386 valence electrons. The first-order valence-corrected chi connectivity index (χ1v) is 27.1. The number of ether oxygens (including phenoxy) is 2. The maximum atomic E-state index is 13.7. The normalized spacial score (nSPS) is 22.2. The molecule has 3 N–H and O–H groups in total. The lowest BCUT2D eigenvalue weighted by Gasteiger charge is -2.43. The second-order valence-electron chi connectivity index (χ2n) is 20.8. The number of nitrogens with one attached hydrogen (secondary N) is 2. The zero-order valence-corrected chi connectivity index (χ0v) is 43.0. The van der Waals surface area contributed by atoms with E-state index in [1.807, 2.05) is 104 Å². The van der Waals surface area contributed by atoms with Crippen molar-refractivity contribution in [1.82, 2.24) is 34.9 Å². The number of nitrogens with zero attached hydrogens (tertiary/aromatic N) is 8. The number of piperidine rings is 1. The molecule has 0 bridgehead atoms. The molecule has 3 aliphatic heterocycles. The SMILES string of the molecule is Cc1c(OC2CCC(OC3CC(CN4CCN(c5ccc6c(C7CCC(=O)NC7=O)nn(C)c6n5)CC4)C3)CC2)cccc1-c1ccc(N2CCc3cccc(C(=O)Nc4nc5ccccc5s4)c3C2)nc1C(=O)O. The Morgan fingerprint density at radius 1 is 0.787 bits per heavy atom. The van der Waals surface area contributed by atoms with Crippen molar-refractivity contribution in [2.45, 2.75) is 95.5 Å². The number of piperazine rings is 1. The maximum absolute atomic E-state index is 13.7. The number of benzene rings is 3. The van der Waals surface area contributed by atoms with Crippen LogP contribution in [0, 0.1) is 12.8 Å². The van der Waals surface area contributed by atoms with E-state index in [4.69, 9.17) is 19.4 Å². The van der Waals surface area contributed by atoms with Crippen molar-refractivity contribution in [3.63, 3.8) is 0 Å². The standard InChI is InChI=1S/C57H60N10O7S/c1-33-39(40-17-20-48(59-52(40)56(71)72)67-24-23-35-7-5-9-41(44(35)32-67)54(69)62-57-58-45-10-3-4-12-47(45)75-57)8-6-11-46(33)74-37-15-13-36(14-16-37)73-38-29-34(30-38)31-65-25-27-66(28-26-65)49-21-18-42-51(63-64(2)53(42)60-49)43-19-22-50(68)61-55(43)70/h3-12,17-18,20-21,34,36-38,43H,13-16,19,22-32H2,1-2H3,(H,71,72)(H,58,62,69)(H,61,68,70). The number of anilines is 3. The Morgan fingerprint density at radius 3 is 2.36 bits per heavy atom. The van der Waals surface area contributed by atoms with Crippen LogP contribution in [0.5, 0.6) is 5.75 Å². The van der Waals surface area contributed by atoms with Gasteiger partial charge in [-0.2, -0.15) is 5.10 Å². The summed E-state index contributed by atoms with van der Waals surface area (Å²) >= 11 is 1.44. The Labute approximate surface area is 438 Å². The van der Waals surface area contributed by atoms with Crippen LogP contribution >= 0.6 is 11.3 Å². The van der Waals surface area contributed by atoms with Gasteiger partial charge >= 0.3 is 5.97 Å². The maximum Gasteiger partial charge on any atom is 0.355 e. The molecule has 3 amide bonds. The number of rotatable bonds is 13. The second kappa shape index (κ2) is 20.4. The molecule has 0 radical (unpaired) electrons. The number of carbonyl (C=O) groups excluding carboxylic acids is 3. The van der Waals surface area contributed by atoms with Crippen LogP contribution in [0.15, 0.2) is 84.9 Å². The first-order valence-electron chi connectivity index (χ1n) is 26.3. The Morgan fingerprint density at radius 2 is 1.56 bits per heavy atom. The van der Waals surface area contributed by atoms with Crippen LogP contribution in [0.3, 0.4) is 0 Å². The van der Waals surface area contributed by atoms with Crippen LogP contribution in [0.25, 0.3) is 32.4 Å². The summed E-state index contributed by atoms with van der Waals surface area (Å²) in [7, 11) is 1.86. The summed E-state index contributed by atoms with van der Waals surface area (Å²) in [5.74, 6) is 0.521. The number of thiazole rings is 1. The van der Waals surface area contributed by atoms with Crippen LogP contribution < -0.4 is 25.2 Å². The van der Waals surface area contributed by atoms with Gasteiger partial charge in [-0.1, -0.05) is 47.7 Å². The lowest BCUT2D eigenvalue weighted by molar-refractivity contribution is -0.134. The Hall–Kier alpha value is -7.28. The van der Waals surface area contributed by atoms with Gasteiger partial charge in [0.15, 0.2) is 16.5 Å². The minimum Gasteiger partial charge on any atom is -0.490 e. The molecule has 18 heteroatoms. The third-order valence-electron chi connectivity index (χ3n) is 16.0. The number of hydrogen-bond acceptors (Lipinski definition) is 14. The predicted octanol–water partition coefficient (Wildman–Crippen LogP) is 8.29. The zero-order valence-electron chi connectivity index (χ0n) is 42.2. The molecular weight excluding hydrogens is 969 g/mol. The smallest absolute Gasteiger partial charge is 0.355 e. The monoisotopic (exact) mass is 1030 g/mol. The number of imide groups is 1. The lowest BCUT2D eigenvalue weighted by Crippen LogP contribution is -2.50. The molecule has 7 aromatic rings. The zero-order chi connectivity index (χ0) is 51.3. The Balaban J connectivity index is 0.609. The van der Waals surface area contributed by atoms with Crippen LogP contribution in [0.1, 0.15) is 101 Å². The van der Waals surface area contributed by atoms with E-state index in [1.54, 1.807) is 4.68 Å². The predicted molar refractivity (Wildman–Crippen MR) is 287 cm³/mol. The number of fused-ring (bicyclic) bond motifs is 3. The number of carboxylic acid groups (broad SMARTS) is 1. The summed E-state index contributed by atoms with van der Waals surface area (Å²) in [5.41, 5.74) is 6.94. The molecule has 12 rings (SSSR count). The largest absolute Gasteiger partial charge is 0.490 e. The first kappa shape index (κ1) is 48.6. The summed E-state index contributed by atoms with van der Waals surface area (Å²) < 4.78 is 16.1. The van der Waals surface area contributed by atoms with Gasteiger partial charge in [-0.3, -0.25) is 34.6 Å². The van der Waals surface area contributed by atoms with E-state index in [-0.39, 0.29) is 35.6 Å². The van der Waals surface area contributed by atoms with Crippen molar-refractivity contribution in [1.29, 1.82) is 0 Å². The van der Waals surface area contributed by atoms with Gasteiger partial charge in [0.25, 0.3) is 5.91 Å². The van der Waals surface area contributed by atoms with Crippen molar-refractivity contribution >= 4 is 73.0 Å². The highest BCUT2D eigenvalue weighted by Gasteiger charge is 2.36. The number of hydrogen-bond donors (Lipinski definition) is 3. The summed E-state index contributed by atoms with van der Waals surface area (Å²) in [6, 6.07) is 27.2. The number of amides is 3. The molecule has 0 spiro atoms. The van der Waals surface area contributed by atoms with Crippen LogP contribution in [-0.4, -0.2) is 116 Å². The van der Waals surface area contributed by atoms with Gasteiger partial charge in [0.05, 0.1) is 40.1 Å². The average molecular weight is 1030 g/mol. The van der Waals surface area contributed by atoms with E-state index in [2.05, 4.69) is 30.5 Å². The van der Waals surface area contributed by atoms with Crippen LogP contribution in [0.4, 0.5) is 16.8 Å². The third-order valence-corrected chi connectivity index (χ3v) is 16.9. The van der Waals surface area contributed by atoms with Crippen molar-refractivity contribution in [2.75, 3.05) is 54.4 Å². The molecule has 1 atom stereocenters. The molecule has 3 aromatic carbocycles. The van der Waals surface area contributed by atoms with Gasteiger partial charge in [-0.05, 0) is 135 Å². The van der Waals surface area contributed by atoms with Gasteiger partial charge in [0.2, 0.25) is 11.8 Å². The molecule has 7 heterocycles. The van der Waals surface area contributed by atoms with Gasteiger partial charge < -0.3 is 24.4 Å². The van der Waals surface area contributed by atoms with Crippen molar-refractivity contribution in [3.8, 4) is 16.9 Å². The molecule has 2 aliphatic carbocycles. The van der Waals surface area contributed by atoms with Crippen LogP contribution in [-0.2, 0) is 34.3 Å². The molecular formula is C57H60N10O7S. The van der Waals surface area contributed by atoms with E-state index < -0.39 is 11.9 Å². The molecule has 75 heavy (non-hydrogen) atoms. The average Bonchev–Trinajstić information content (AvgIpc) is 3.98. The highest BCUT2D eigenvalue weighted by Crippen LogP contribution is 2.39. The van der Waals surface area contributed by atoms with E-state index in [9.17, 15) is 24.3 Å². The molecule has 4 aromatic heterocycles. The number of carboxylic acids is 1. The minimum absolute atomic E-state index is 0.0304. The van der Waals surface area contributed by atoms with Crippen molar-refractivity contribution in [3.05, 3.63) is 119 Å². The molecule has 2 saturated carbocycles. The third kappa shape index (κ3) is 9.93. The summed E-state index contributed by atoms with van der Waals surface area (Å²) in [6.07, 6.45) is 7.84. The van der Waals surface area contributed by atoms with Gasteiger partial charge in [-0.25, -0.2) is 19.7 Å². The van der Waals surface area contributed by atoms with E-state index in [1.165, 1.54) is 11.3 Å². The minimum atomic E-state index is -1.11. The van der Waals surface area contributed by atoms with E-state index in [0.29, 0.717) is 72.1 Å². The number of carbonyl (C=O) groups is 4. The van der Waals surface area contributed by atoms with Gasteiger partial charge in [-0.15, -0.1) is 0 Å². The fourth-order valence-corrected chi connectivity index (χ4v) is 12.7. The second-order valence-corrected chi connectivity index (χ2v) is 21.8. The van der Waals surface area contributed by atoms with E-state index in [0.717, 1.165) is 126 Å². The van der Waals surface area contributed by atoms with Gasteiger partial charge in [0.1, 0.15) is 17.4 Å². The highest BCUT2D eigenvalue weighted by atomic mass is 32.1. The first-order chi connectivity index (χ1) is 36.5. The fourth-order valence-electron chi connectivity index (χ4n) is 11.9. The molecule has 4 fully saturated rings. The quantitative estimate of drug-likeness (QED) is 0.0933.